The molecule has 0 spiro atoms. The van der Waals surface area contributed by atoms with E-state index in [4.69, 9.17) is 0 Å². The average Bonchev–Trinajstić information content (AvgIpc) is 2.83. The lowest BCUT2D eigenvalue weighted by atomic mass is 9.79. The number of hydrogen-bond donors (Lipinski definition) is 1. The molecule has 0 radical (unpaired) electrons. The van der Waals surface area contributed by atoms with Crippen molar-refractivity contribution in [3.8, 4) is 0 Å². The van der Waals surface area contributed by atoms with Crippen molar-refractivity contribution in [1.29, 1.82) is 0 Å². The molecule has 3 atom stereocenters. The predicted molar refractivity (Wildman–Crippen MR) is 78.4 cm³/mol. The molecule has 0 aromatic heterocycles. The Labute approximate surface area is 114 Å². The van der Waals surface area contributed by atoms with E-state index in [9.17, 15) is 0 Å². The van der Waals surface area contributed by atoms with Crippen molar-refractivity contribution in [2.45, 2.75) is 18.3 Å². The number of piperidine rings is 1. The van der Waals surface area contributed by atoms with Crippen LogP contribution < -0.4 is 5.32 Å². The standard InChI is InChI=1S/C18H19N/c1-2-6-13(7-3-1)18-16-9-5-4-8-14(16)15-10-11-19-12-17(15)18/h1-9,15,17-19H,10-12H2/t15-,17-,18+/m0/s1. The number of hydrogen-bond acceptors (Lipinski definition) is 1. The molecule has 0 bridgehead atoms. The summed E-state index contributed by atoms with van der Waals surface area (Å²) in [6.07, 6.45) is 1.28. The molecule has 1 aliphatic carbocycles. The van der Waals surface area contributed by atoms with Gasteiger partial charge >= 0.3 is 0 Å². The quantitative estimate of drug-likeness (QED) is 0.815. The second-order valence-corrected chi connectivity index (χ2v) is 5.78. The van der Waals surface area contributed by atoms with Gasteiger partial charge in [0.1, 0.15) is 0 Å². The van der Waals surface area contributed by atoms with E-state index in [1.54, 1.807) is 11.1 Å². The van der Waals surface area contributed by atoms with Gasteiger partial charge in [0.25, 0.3) is 0 Å². The van der Waals surface area contributed by atoms with Gasteiger partial charge in [-0.1, -0.05) is 54.6 Å². The van der Waals surface area contributed by atoms with E-state index in [1.165, 1.54) is 12.0 Å². The maximum atomic E-state index is 3.59. The Hall–Kier alpha value is -1.60. The summed E-state index contributed by atoms with van der Waals surface area (Å²) in [5.41, 5.74) is 4.64. The third kappa shape index (κ3) is 1.73. The molecule has 0 saturated carbocycles. The molecule has 96 valence electrons. The fraction of sp³-hybridized carbons (Fsp3) is 0.333. The van der Waals surface area contributed by atoms with Gasteiger partial charge in [-0.3, -0.25) is 0 Å². The molecule has 2 aromatic carbocycles. The summed E-state index contributed by atoms with van der Waals surface area (Å²) in [4.78, 5) is 0. The molecule has 1 fully saturated rings. The van der Waals surface area contributed by atoms with Crippen LogP contribution >= 0.6 is 0 Å². The molecule has 1 heteroatoms. The minimum atomic E-state index is 0.579. The van der Waals surface area contributed by atoms with Gasteiger partial charge in [0.15, 0.2) is 0 Å². The third-order valence-electron chi connectivity index (χ3n) is 4.85. The SMILES string of the molecule is c1ccc([C@@H]2c3ccccc3[C@@H]3CCNC[C@H]23)cc1. The monoisotopic (exact) mass is 249 g/mol. The summed E-state index contributed by atoms with van der Waals surface area (Å²) in [5.74, 6) is 2.06. The van der Waals surface area contributed by atoms with Gasteiger partial charge in [-0.15, -0.1) is 0 Å². The molecule has 19 heavy (non-hydrogen) atoms. The minimum Gasteiger partial charge on any atom is -0.316 e. The lowest BCUT2D eigenvalue weighted by Crippen LogP contribution is -2.35. The van der Waals surface area contributed by atoms with Gasteiger partial charge in [-0.25, -0.2) is 0 Å². The minimum absolute atomic E-state index is 0.579. The van der Waals surface area contributed by atoms with Crippen LogP contribution in [0.25, 0.3) is 0 Å². The van der Waals surface area contributed by atoms with E-state index in [0.29, 0.717) is 5.92 Å². The number of fused-ring (bicyclic) bond motifs is 3. The highest BCUT2D eigenvalue weighted by Gasteiger charge is 2.41. The van der Waals surface area contributed by atoms with Gasteiger partial charge in [0.05, 0.1) is 0 Å². The smallest absolute Gasteiger partial charge is 0.0138 e. The number of benzene rings is 2. The first-order chi connectivity index (χ1) is 9.45. The fourth-order valence-corrected chi connectivity index (χ4v) is 4.07. The van der Waals surface area contributed by atoms with Crippen molar-refractivity contribution in [1.82, 2.24) is 5.32 Å². The van der Waals surface area contributed by atoms with Gasteiger partial charge in [-0.2, -0.15) is 0 Å². The average molecular weight is 249 g/mol. The second-order valence-electron chi connectivity index (χ2n) is 5.78. The van der Waals surface area contributed by atoms with Crippen LogP contribution in [0.15, 0.2) is 54.6 Å². The molecule has 1 nitrogen and oxygen atoms in total. The molecule has 1 heterocycles. The van der Waals surface area contributed by atoms with Crippen molar-refractivity contribution in [2.24, 2.45) is 5.92 Å². The normalized spacial score (nSPS) is 28.7. The largest absolute Gasteiger partial charge is 0.316 e. The third-order valence-corrected chi connectivity index (χ3v) is 4.85. The highest BCUT2D eigenvalue weighted by Crippen LogP contribution is 2.51. The van der Waals surface area contributed by atoms with Crippen LogP contribution in [0.3, 0.4) is 0 Å². The lowest BCUT2D eigenvalue weighted by Gasteiger charge is -2.30. The highest BCUT2D eigenvalue weighted by molar-refractivity contribution is 5.46. The molecule has 1 saturated heterocycles. The van der Waals surface area contributed by atoms with Crippen molar-refractivity contribution >= 4 is 0 Å². The van der Waals surface area contributed by atoms with E-state index in [0.717, 1.165) is 24.9 Å². The topological polar surface area (TPSA) is 12.0 Å². The summed E-state index contributed by atoms with van der Waals surface area (Å²) < 4.78 is 0. The number of rotatable bonds is 1. The first kappa shape index (κ1) is 11.2. The van der Waals surface area contributed by atoms with Crippen LogP contribution in [0.1, 0.15) is 34.9 Å². The van der Waals surface area contributed by atoms with Crippen molar-refractivity contribution in [3.05, 3.63) is 71.3 Å². The maximum Gasteiger partial charge on any atom is 0.0138 e. The number of nitrogens with one attached hydrogen (secondary N) is 1. The van der Waals surface area contributed by atoms with Crippen molar-refractivity contribution in [2.75, 3.05) is 13.1 Å². The maximum absolute atomic E-state index is 3.59. The Morgan fingerprint density at radius 2 is 1.58 bits per heavy atom. The Bertz CT molecular complexity index is 575. The van der Waals surface area contributed by atoms with Gasteiger partial charge in [0.2, 0.25) is 0 Å². The molecule has 1 aliphatic heterocycles. The van der Waals surface area contributed by atoms with Crippen LogP contribution in [0, 0.1) is 5.92 Å². The molecule has 2 aliphatic rings. The zero-order valence-electron chi connectivity index (χ0n) is 11.0. The zero-order chi connectivity index (χ0) is 12.7. The first-order valence-electron chi connectivity index (χ1n) is 7.29. The van der Waals surface area contributed by atoms with Gasteiger partial charge in [-0.05, 0) is 48.0 Å². The van der Waals surface area contributed by atoms with Crippen LogP contribution in [0.2, 0.25) is 0 Å². The van der Waals surface area contributed by atoms with Crippen molar-refractivity contribution < 1.29 is 0 Å². The highest BCUT2D eigenvalue weighted by atomic mass is 14.9. The van der Waals surface area contributed by atoms with Gasteiger partial charge < -0.3 is 5.32 Å². The van der Waals surface area contributed by atoms with Crippen LogP contribution in [0.4, 0.5) is 0 Å². The molecule has 2 aromatic rings. The zero-order valence-corrected chi connectivity index (χ0v) is 11.0. The summed E-state index contributed by atoms with van der Waals surface area (Å²) >= 11 is 0. The summed E-state index contributed by atoms with van der Waals surface area (Å²) in [6.45, 7) is 2.32. The summed E-state index contributed by atoms with van der Waals surface area (Å²) in [6, 6.07) is 20.1. The van der Waals surface area contributed by atoms with Crippen LogP contribution in [-0.2, 0) is 0 Å². The Balaban J connectivity index is 1.85. The van der Waals surface area contributed by atoms with Crippen LogP contribution in [-0.4, -0.2) is 13.1 Å². The molecular formula is C18H19N. The van der Waals surface area contributed by atoms with E-state index >= 15 is 0 Å². The van der Waals surface area contributed by atoms with E-state index in [1.807, 2.05) is 0 Å². The first-order valence-corrected chi connectivity index (χ1v) is 7.29. The Morgan fingerprint density at radius 3 is 2.42 bits per heavy atom. The van der Waals surface area contributed by atoms with E-state index < -0.39 is 0 Å². The molecule has 1 N–H and O–H groups in total. The Morgan fingerprint density at radius 1 is 0.842 bits per heavy atom. The summed E-state index contributed by atoms with van der Waals surface area (Å²) in [5, 5.41) is 3.59. The Kier molecular flexibility index (Phi) is 2.66. The fourth-order valence-electron chi connectivity index (χ4n) is 4.07. The molecule has 4 rings (SSSR count). The van der Waals surface area contributed by atoms with E-state index in [2.05, 4.69) is 59.9 Å². The summed E-state index contributed by atoms with van der Waals surface area (Å²) in [7, 11) is 0. The molecular weight excluding hydrogens is 230 g/mol. The molecule has 0 amide bonds. The second kappa shape index (κ2) is 4.50. The van der Waals surface area contributed by atoms with Crippen molar-refractivity contribution in [3.63, 3.8) is 0 Å². The van der Waals surface area contributed by atoms with Gasteiger partial charge in [0, 0.05) is 5.92 Å². The lowest BCUT2D eigenvalue weighted by molar-refractivity contribution is 0.327. The predicted octanol–water partition coefficient (Wildman–Crippen LogP) is 3.53. The molecule has 0 unspecified atom stereocenters. The van der Waals surface area contributed by atoms with E-state index in [-0.39, 0.29) is 0 Å². The van der Waals surface area contributed by atoms with Crippen LogP contribution in [0.5, 0.6) is 0 Å².